The zero-order valence-electron chi connectivity index (χ0n) is 7.26. The van der Waals surface area contributed by atoms with Crippen LogP contribution in [0.1, 0.15) is 22.3 Å². The zero-order valence-corrected chi connectivity index (χ0v) is 8.02. The number of fused-ring (bicyclic) bond motifs is 1. The number of aryl methyl sites for hydroxylation is 1. The second-order valence-corrected chi connectivity index (χ2v) is 3.47. The molecule has 68 valence electrons. The summed E-state index contributed by atoms with van der Waals surface area (Å²) >= 11 is 5.95. The lowest BCUT2D eigenvalue weighted by Crippen LogP contribution is -1.93. The van der Waals surface area contributed by atoms with E-state index in [1.807, 2.05) is 6.07 Å². The zero-order chi connectivity index (χ0) is 9.42. The molecule has 0 N–H and O–H groups in total. The monoisotopic (exact) mass is 196 g/mol. The number of methoxy groups -OCH3 is 1. The highest BCUT2D eigenvalue weighted by Crippen LogP contribution is 2.32. The Morgan fingerprint density at radius 2 is 2.15 bits per heavy atom. The van der Waals surface area contributed by atoms with Gasteiger partial charge in [0.15, 0.2) is 5.78 Å². The predicted octanol–water partition coefficient (Wildman–Crippen LogP) is 2.48. The highest BCUT2D eigenvalue weighted by Gasteiger charge is 2.23. The van der Waals surface area contributed by atoms with Crippen LogP contribution in [0.3, 0.4) is 0 Å². The fourth-order valence-corrected chi connectivity index (χ4v) is 1.97. The molecule has 3 heteroatoms. The summed E-state index contributed by atoms with van der Waals surface area (Å²) in [5.74, 6) is 0.862. The topological polar surface area (TPSA) is 26.3 Å². The first-order chi connectivity index (χ1) is 6.22. The molecule has 2 nitrogen and oxygen atoms in total. The molecule has 0 fully saturated rings. The molecule has 0 spiro atoms. The Morgan fingerprint density at radius 3 is 2.85 bits per heavy atom. The maximum absolute atomic E-state index is 11.4. The van der Waals surface area contributed by atoms with Crippen LogP contribution in [-0.2, 0) is 6.42 Å². The lowest BCUT2D eigenvalue weighted by Gasteiger charge is -2.04. The normalized spacial score (nSPS) is 14.5. The largest absolute Gasteiger partial charge is 0.497 e. The summed E-state index contributed by atoms with van der Waals surface area (Å²) in [6.45, 7) is 0. The van der Waals surface area contributed by atoms with Crippen LogP contribution in [0, 0.1) is 0 Å². The molecule has 0 unspecified atom stereocenters. The van der Waals surface area contributed by atoms with E-state index >= 15 is 0 Å². The van der Waals surface area contributed by atoms with Crippen molar-refractivity contribution in [2.75, 3.05) is 7.11 Å². The Morgan fingerprint density at radius 1 is 1.38 bits per heavy atom. The van der Waals surface area contributed by atoms with Gasteiger partial charge in [0.25, 0.3) is 0 Å². The number of carbonyl (C=O) groups excluding carboxylic acids is 1. The standard InChI is InChI=1S/C10H9ClO2/c1-13-7-4-6-2-3-9(12)10(6)8(11)5-7/h4-5H,2-3H2,1H3. The van der Waals surface area contributed by atoms with E-state index < -0.39 is 0 Å². The van der Waals surface area contributed by atoms with E-state index in [1.165, 1.54) is 0 Å². The van der Waals surface area contributed by atoms with Gasteiger partial charge in [0, 0.05) is 12.0 Å². The van der Waals surface area contributed by atoms with Crippen LogP contribution in [0.25, 0.3) is 0 Å². The quantitative estimate of drug-likeness (QED) is 0.690. The lowest BCUT2D eigenvalue weighted by atomic mass is 10.1. The Bertz CT molecular complexity index is 371. The Kier molecular flexibility index (Phi) is 2.00. The van der Waals surface area contributed by atoms with Crippen LogP contribution in [0.5, 0.6) is 5.75 Å². The molecule has 0 aliphatic heterocycles. The van der Waals surface area contributed by atoms with Crippen molar-refractivity contribution in [3.05, 3.63) is 28.3 Å². The molecule has 1 aromatic carbocycles. The maximum atomic E-state index is 11.4. The highest BCUT2D eigenvalue weighted by atomic mass is 35.5. The van der Waals surface area contributed by atoms with Crippen LogP contribution in [0.2, 0.25) is 5.02 Å². The smallest absolute Gasteiger partial charge is 0.164 e. The molecular formula is C10H9ClO2. The molecule has 0 amide bonds. The molecule has 0 radical (unpaired) electrons. The fraction of sp³-hybridized carbons (Fsp3) is 0.300. The van der Waals surface area contributed by atoms with Gasteiger partial charge in [0.05, 0.1) is 12.1 Å². The van der Waals surface area contributed by atoms with E-state index in [4.69, 9.17) is 16.3 Å². The Balaban J connectivity index is 2.59. The molecule has 1 aliphatic rings. The van der Waals surface area contributed by atoms with Crippen molar-refractivity contribution in [3.8, 4) is 5.75 Å². The summed E-state index contributed by atoms with van der Waals surface area (Å²) in [5.41, 5.74) is 1.69. The van der Waals surface area contributed by atoms with Gasteiger partial charge in [0.1, 0.15) is 5.75 Å². The van der Waals surface area contributed by atoms with Gasteiger partial charge in [-0.1, -0.05) is 11.6 Å². The summed E-state index contributed by atoms with van der Waals surface area (Å²) in [6.07, 6.45) is 1.35. The average Bonchev–Trinajstić information content (AvgIpc) is 2.48. The molecule has 1 aliphatic carbocycles. The third kappa shape index (κ3) is 1.31. The first-order valence-electron chi connectivity index (χ1n) is 4.12. The van der Waals surface area contributed by atoms with E-state index in [0.29, 0.717) is 17.0 Å². The highest BCUT2D eigenvalue weighted by molar-refractivity contribution is 6.34. The van der Waals surface area contributed by atoms with Gasteiger partial charge >= 0.3 is 0 Å². The van der Waals surface area contributed by atoms with Crippen LogP contribution >= 0.6 is 11.6 Å². The first kappa shape index (κ1) is 8.57. The predicted molar refractivity (Wildman–Crippen MR) is 50.7 cm³/mol. The number of benzene rings is 1. The molecule has 0 saturated carbocycles. The van der Waals surface area contributed by atoms with E-state index in [1.54, 1.807) is 13.2 Å². The third-order valence-electron chi connectivity index (χ3n) is 2.28. The number of carbonyl (C=O) groups is 1. The molecule has 2 rings (SSSR count). The Labute approximate surface area is 81.5 Å². The number of rotatable bonds is 1. The summed E-state index contributed by atoms with van der Waals surface area (Å²) in [6, 6.07) is 3.57. The van der Waals surface area contributed by atoms with Crippen molar-refractivity contribution >= 4 is 17.4 Å². The second kappa shape index (κ2) is 3.04. The van der Waals surface area contributed by atoms with E-state index in [2.05, 4.69) is 0 Å². The SMILES string of the molecule is COc1cc(Cl)c2c(c1)CCC2=O. The van der Waals surface area contributed by atoms with Gasteiger partial charge in [-0.05, 0) is 24.1 Å². The van der Waals surface area contributed by atoms with Crippen LogP contribution in [0.15, 0.2) is 12.1 Å². The van der Waals surface area contributed by atoms with Gasteiger partial charge < -0.3 is 4.74 Å². The molecule has 0 saturated heterocycles. The van der Waals surface area contributed by atoms with Crippen LogP contribution in [0.4, 0.5) is 0 Å². The molecule has 13 heavy (non-hydrogen) atoms. The fourth-order valence-electron chi connectivity index (χ4n) is 1.64. The average molecular weight is 197 g/mol. The second-order valence-electron chi connectivity index (χ2n) is 3.07. The maximum Gasteiger partial charge on any atom is 0.164 e. The molecule has 1 aromatic rings. The van der Waals surface area contributed by atoms with Crippen molar-refractivity contribution in [2.24, 2.45) is 0 Å². The number of hydrogen-bond acceptors (Lipinski definition) is 2. The van der Waals surface area contributed by atoms with Crippen molar-refractivity contribution in [1.82, 2.24) is 0 Å². The van der Waals surface area contributed by atoms with Crippen molar-refractivity contribution in [1.29, 1.82) is 0 Å². The van der Waals surface area contributed by atoms with Crippen LogP contribution in [-0.4, -0.2) is 12.9 Å². The summed E-state index contributed by atoms with van der Waals surface area (Å²) in [7, 11) is 1.59. The van der Waals surface area contributed by atoms with Crippen molar-refractivity contribution in [2.45, 2.75) is 12.8 Å². The van der Waals surface area contributed by atoms with Gasteiger partial charge in [-0.15, -0.1) is 0 Å². The van der Waals surface area contributed by atoms with Gasteiger partial charge in [0.2, 0.25) is 0 Å². The minimum absolute atomic E-state index is 0.141. The molecular weight excluding hydrogens is 188 g/mol. The number of ketones is 1. The number of Topliss-reactive ketones (excluding diaryl/α,β-unsaturated/α-hetero) is 1. The third-order valence-corrected chi connectivity index (χ3v) is 2.58. The lowest BCUT2D eigenvalue weighted by molar-refractivity contribution is 0.0994. The summed E-state index contributed by atoms with van der Waals surface area (Å²) in [4.78, 5) is 11.4. The van der Waals surface area contributed by atoms with E-state index in [0.717, 1.165) is 17.7 Å². The van der Waals surface area contributed by atoms with Crippen LogP contribution < -0.4 is 4.74 Å². The molecule has 0 aromatic heterocycles. The molecule has 0 heterocycles. The minimum Gasteiger partial charge on any atom is -0.497 e. The summed E-state index contributed by atoms with van der Waals surface area (Å²) < 4.78 is 5.06. The minimum atomic E-state index is 0.141. The summed E-state index contributed by atoms with van der Waals surface area (Å²) in [5, 5.41) is 0.511. The number of hydrogen-bond donors (Lipinski definition) is 0. The Hall–Kier alpha value is -1.02. The molecule has 0 atom stereocenters. The van der Waals surface area contributed by atoms with Crippen molar-refractivity contribution in [3.63, 3.8) is 0 Å². The number of halogens is 1. The van der Waals surface area contributed by atoms with Gasteiger partial charge in [-0.3, -0.25) is 4.79 Å². The first-order valence-corrected chi connectivity index (χ1v) is 4.50. The van der Waals surface area contributed by atoms with Gasteiger partial charge in [-0.2, -0.15) is 0 Å². The van der Waals surface area contributed by atoms with E-state index in [9.17, 15) is 4.79 Å². The number of ether oxygens (including phenoxy) is 1. The van der Waals surface area contributed by atoms with Crippen molar-refractivity contribution < 1.29 is 9.53 Å². The molecule has 0 bridgehead atoms. The van der Waals surface area contributed by atoms with E-state index in [-0.39, 0.29) is 5.78 Å². The van der Waals surface area contributed by atoms with Gasteiger partial charge in [-0.25, -0.2) is 0 Å².